The van der Waals surface area contributed by atoms with Crippen LogP contribution in [-0.2, 0) is 6.54 Å². The summed E-state index contributed by atoms with van der Waals surface area (Å²) >= 11 is 0. The Hall–Kier alpha value is -3.83. The van der Waals surface area contributed by atoms with E-state index in [1.165, 1.54) is 29.1 Å². The maximum absolute atomic E-state index is 13.4. The van der Waals surface area contributed by atoms with E-state index in [9.17, 15) is 19.2 Å². The van der Waals surface area contributed by atoms with Crippen LogP contribution in [0.2, 0.25) is 0 Å². The van der Waals surface area contributed by atoms with E-state index < -0.39 is 13.0 Å². The zero-order chi connectivity index (χ0) is 21.3. The van der Waals surface area contributed by atoms with Crippen molar-refractivity contribution in [3.8, 4) is 11.5 Å². The molecule has 0 aliphatic carbocycles. The number of fused-ring (bicyclic) bond motifs is 1. The lowest BCUT2D eigenvalue weighted by molar-refractivity contribution is 0.0994. The zero-order valence-corrected chi connectivity index (χ0v) is 15.5. The fraction of sp³-hybridized carbons (Fsp3) is 0.0526. The average Bonchev–Trinajstić information content (AvgIpc) is 3.16. The van der Waals surface area contributed by atoms with Gasteiger partial charge in [-0.25, -0.2) is 19.3 Å². The van der Waals surface area contributed by atoms with Crippen LogP contribution in [0.5, 0.6) is 0 Å². The second-order valence-electron chi connectivity index (χ2n) is 6.48. The fourth-order valence-corrected chi connectivity index (χ4v) is 3.06. The number of imidazole rings is 1. The van der Waals surface area contributed by atoms with Crippen LogP contribution in [0.15, 0.2) is 55.0 Å². The first-order chi connectivity index (χ1) is 14.4. The molecule has 11 heteroatoms. The average molecular weight is 406 g/mol. The predicted molar refractivity (Wildman–Crippen MR) is 108 cm³/mol. The first-order valence-corrected chi connectivity index (χ1v) is 8.91. The molecule has 1 aromatic carbocycles. The minimum atomic E-state index is -1.81. The Balaban J connectivity index is 1.73. The van der Waals surface area contributed by atoms with Crippen LogP contribution in [0.3, 0.4) is 0 Å². The number of nitrogens with two attached hydrogens (primary N) is 1. The third-order valence-electron chi connectivity index (χ3n) is 4.48. The van der Waals surface area contributed by atoms with Gasteiger partial charge in [-0.15, -0.1) is 0 Å². The van der Waals surface area contributed by atoms with Gasteiger partial charge in [0, 0.05) is 18.2 Å². The Morgan fingerprint density at radius 1 is 1.20 bits per heavy atom. The third kappa shape index (κ3) is 3.71. The summed E-state index contributed by atoms with van der Waals surface area (Å²) in [5.74, 6) is -0.631. The largest absolute Gasteiger partial charge is 0.493 e. The molecular weight excluding hydrogens is 390 g/mol. The minimum Gasteiger partial charge on any atom is -0.423 e. The summed E-state index contributed by atoms with van der Waals surface area (Å²) in [4.78, 5) is 24.5. The molecule has 0 aliphatic heterocycles. The van der Waals surface area contributed by atoms with Crippen molar-refractivity contribution in [2.24, 2.45) is 5.73 Å². The molecule has 0 saturated heterocycles. The van der Waals surface area contributed by atoms with Crippen LogP contribution >= 0.6 is 0 Å². The van der Waals surface area contributed by atoms with E-state index in [0.717, 1.165) is 0 Å². The number of nitrogens with zero attached hydrogens (tertiary/aromatic N) is 4. The van der Waals surface area contributed by atoms with Gasteiger partial charge in [-0.3, -0.25) is 9.20 Å². The molecule has 150 valence electrons. The van der Waals surface area contributed by atoms with Crippen molar-refractivity contribution in [2.75, 3.05) is 5.32 Å². The maximum atomic E-state index is 13.4. The van der Waals surface area contributed by atoms with Gasteiger partial charge in [0.05, 0.1) is 5.52 Å². The van der Waals surface area contributed by atoms with Gasteiger partial charge in [-0.1, -0.05) is 18.2 Å². The summed E-state index contributed by atoms with van der Waals surface area (Å²) < 4.78 is 14.9. The highest BCUT2D eigenvalue weighted by molar-refractivity contribution is 6.60. The smallest absolute Gasteiger partial charge is 0.423 e. The molecule has 3 aromatic heterocycles. The van der Waals surface area contributed by atoms with Gasteiger partial charge in [0.1, 0.15) is 29.4 Å². The number of halogens is 1. The van der Waals surface area contributed by atoms with E-state index in [1.54, 1.807) is 30.3 Å². The zero-order valence-electron chi connectivity index (χ0n) is 15.5. The van der Waals surface area contributed by atoms with Crippen LogP contribution in [0.1, 0.15) is 16.1 Å². The molecule has 3 heterocycles. The fourth-order valence-electron chi connectivity index (χ4n) is 3.06. The van der Waals surface area contributed by atoms with Crippen LogP contribution in [-0.4, -0.2) is 42.4 Å². The van der Waals surface area contributed by atoms with Crippen molar-refractivity contribution in [1.29, 1.82) is 0 Å². The number of primary amides is 1. The molecule has 0 spiro atoms. The van der Waals surface area contributed by atoms with Crippen molar-refractivity contribution in [2.45, 2.75) is 6.54 Å². The number of pyridine rings is 1. The molecule has 0 radical (unpaired) electrons. The van der Waals surface area contributed by atoms with Crippen molar-refractivity contribution >= 4 is 29.8 Å². The van der Waals surface area contributed by atoms with E-state index in [-0.39, 0.29) is 35.2 Å². The lowest BCUT2D eigenvalue weighted by Gasteiger charge is -2.12. The highest BCUT2D eigenvalue weighted by atomic mass is 19.1. The molecule has 5 N–H and O–H groups in total. The normalized spacial score (nSPS) is 10.9. The minimum absolute atomic E-state index is 0.0523. The highest BCUT2D eigenvalue weighted by Crippen LogP contribution is 2.21. The standard InChI is InChI=1S/C19H16BFN6O3/c21-12-4-1-3-11(7-12)8-23-18-13(20(29)30)9-24-19(26-18)16-14-5-2-6-15(17(22)28)27(14)10-25-16/h1-7,9-10,29-30H,8H2,(H2,22,28)(H,23,24,26). The number of anilines is 1. The molecule has 9 nitrogen and oxygen atoms in total. The second-order valence-corrected chi connectivity index (χ2v) is 6.48. The van der Waals surface area contributed by atoms with E-state index in [2.05, 4.69) is 20.3 Å². The monoisotopic (exact) mass is 406 g/mol. The van der Waals surface area contributed by atoms with E-state index >= 15 is 0 Å². The number of hydrogen-bond acceptors (Lipinski definition) is 7. The summed E-state index contributed by atoms with van der Waals surface area (Å²) in [6.45, 7) is 0.198. The number of carbonyl (C=O) groups excluding carboxylic acids is 1. The number of rotatable bonds is 6. The number of benzene rings is 1. The Labute approximate surface area is 170 Å². The lowest BCUT2D eigenvalue weighted by atomic mass is 9.81. The first kappa shape index (κ1) is 19.5. The summed E-state index contributed by atoms with van der Waals surface area (Å²) in [5.41, 5.74) is 7.28. The molecule has 0 bridgehead atoms. The summed E-state index contributed by atoms with van der Waals surface area (Å²) in [6.07, 6.45) is 2.70. The number of carbonyl (C=O) groups is 1. The molecular formula is C19H16BFN6O3. The SMILES string of the molecule is NC(=O)c1cccc2c(-c3ncc(B(O)O)c(NCc4cccc(F)c4)n3)ncn12. The Kier molecular flexibility index (Phi) is 5.13. The van der Waals surface area contributed by atoms with Gasteiger partial charge in [-0.05, 0) is 29.8 Å². The quantitative estimate of drug-likeness (QED) is 0.338. The van der Waals surface area contributed by atoms with Crippen LogP contribution in [0, 0.1) is 5.82 Å². The summed E-state index contributed by atoms with van der Waals surface area (Å²) in [5, 5.41) is 22.3. The maximum Gasteiger partial charge on any atom is 0.493 e. The van der Waals surface area contributed by atoms with Crippen LogP contribution in [0.25, 0.3) is 17.0 Å². The summed E-state index contributed by atoms with van der Waals surface area (Å²) in [7, 11) is -1.81. The number of hydrogen-bond donors (Lipinski definition) is 4. The third-order valence-corrected chi connectivity index (χ3v) is 4.48. The van der Waals surface area contributed by atoms with Crippen molar-refractivity contribution < 1.29 is 19.2 Å². The van der Waals surface area contributed by atoms with E-state index in [1.807, 2.05) is 0 Å². The Bertz CT molecular complexity index is 1250. The van der Waals surface area contributed by atoms with Crippen molar-refractivity contribution in [3.05, 3.63) is 72.1 Å². The van der Waals surface area contributed by atoms with E-state index in [0.29, 0.717) is 16.8 Å². The van der Waals surface area contributed by atoms with Gasteiger partial charge >= 0.3 is 7.12 Å². The van der Waals surface area contributed by atoms with Crippen LogP contribution < -0.4 is 16.5 Å². The van der Waals surface area contributed by atoms with Crippen molar-refractivity contribution in [3.63, 3.8) is 0 Å². The molecule has 1 amide bonds. The number of nitrogens with one attached hydrogen (secondary N) is 1. The topological polar surface area (TPSA) is 139 Å². The Morgan fingerprint density at radius 3 is 2.73 bits per heavy atom. The molecule has 0 unspecified atom stereocenters. The van der Waals surface area contributed by atoms with Gasteiger partial charge in [0.25, 0.3) is 5.91 Å². The molecule has 0 aliphatic rings. The second kappa shape index (κ2) is 7.89. The molecule has 0 fully saturated rings. The number of amides is 1. The lowest BCUT2D eigenvalue weighted by Crippen LogP contribution is -2.34. The highest BCUT2D eigenvalue weighted by Gasteiger charge is 2.21. The molecule has 0 atom stereocenters. The summed E-state index contributed by atoms with van der Waals surface area (Å²) in [6, 6.07) is 11.0. The van der Waals surface area contributed by atoms with Crippen molar-refractivity contribution in [1.82, 2.24) is 19.4 Å². The van der Waals surface area contributed by atoms with Gasteiger partial charge in [0.2, 0.25) is 0 Å². The first-order valence-electron chi connectivity index (χ1n) is 8.91. The molecule has 4 rings (SSSR count). The molecule has 0 saturated carbocycles. The van der Waals surface area contributed by atoms with Crippen LogP contribution in [0.4, 0.5) is 10.2 Å². The van der Waals surface area contributed by atoms with E-state index in [4.69, 9.17) is 5.73 Å². The predicted octanol–water partition coefficient (Wildman–Crippen LogP) is 0.321. The molecule has 4 aromatic rings. The van der Waals surface area contributed by atoms with Gasteiger partial charge < -0.3 is 21.1 Å². The molecule has 30 heavy (non-hydrogen) atoms. The number of aromatic nitrogens is 4. The van der Waals surface area contributed by atoms with Gasteiger partial charge in [-0.2, -0.15) is 0 Å². The van der Waals surface area contributed by atoms with Gasteiger partial charge in [0.15, 0.2) is 5.82 Å². The Morgan fingerprint density at radius 2 is 2.00 bits per heavy atom.